The zero-order valence-corrected chi connectivity index (χ0v) is 12.2. The molecule has 23 heavy (non-hydrogen) atoms. The molecule has 3 aromatic rings. The molecule has 0 aliphatic rings. The van der Waals surface area contributed by atoms with Crippen LogP contribution in [0.2, 0.25) is 0 Å². The SMILES string of the molecule is O=C(NCCCn1cnnc1)c1cn[nH]c1-c1cccc(F)c1. The zero-order chi connectivity index (χ0) is 16.1. The van der Waals surface area contributed by atoms with Crippen molar-refractivity contribution >= 4 is 5.91 Å². The number of hydrogen-bond acceptors (Lipinski definition) is 4. The van der Waals surface area contributed by atoms with E-state index in [0.717, 1.165) is 13.0 Å². The first-order valence-electron chi connectivity index (χ1n) is 7.14. The molecule has 0 saturated carbocycles. The Morgan fingerprint density at radius 3 is 2.91 bits per heavy atom. The number of hydrogen-bond donors (Lipinski definition) is 2. The molecule has 2 aromatic heterocycles. The molecular weight excluding hydrogens is 299 g/mol. The van der Waals surface area contributed by atoms with Gasteiger partial charge in [-0.15, -0.1) is 10.2 Å². The molecule has 3 rings (SSSR count). The smallest absolute Gasteiger partial charge is 0.255 e. The molecule has 0 atom stereocenters. The lowest BCUT2D eigenvalue weighted by atomic mass is 10.1. The zero-order valence-electron chi connectivity index (χ0n) is 12.2. The first-order chi connectivity index (χ1) is 11.2. The Morgan fingerprint density at radius 2 is 2.13 bits per heavy atom. The maximum absolute atomic E-state index is 13.3. The highest BCUT2D eigenvalue weighted by Gasteiger charge is 2.15. The molecule has 0 radical (unpaired) electrons. The van der Waals surface area contributed by atoms with Crippen molar-refractivity contribution in [1.29, 1.82) is 0 Å². The fraction of sp³-hybridized carbons (Fsp3) is 0.200. The molecule has 0 unspecified atom stereocenters. The van der Waals surface area contributed by atoms with E-state index >= 15 is 0 Å². The molecule has 0 spiro atoms. The Labute approximate surface area is 131 Å². The van der Waals surface area contributed by atoms with Crippen molar-refractivity contribution in [2.45, 2.75) is 13.0 Å². The Balaban J connectivity index is 1.61. The minimum atomic E-state index is -0.364. The van der Waals surface area contributed by atoms with Gasteiger partial charge in [0.2, 0.25) is 0 Å². The summed E-state index contributed by atoms with van der Waals surface area (Å²) in [6.07, 6.45) is 5.44. The third-order valence-electron chi connectivity index (χ3n) is 3.34. The number of rotatable bonds is 6. The lowest BCUT2D eigenvalue weighted by molar-refractivity contribution is 0.0953. The van der Waals surface area contributed by atoms with E-state index in [9.17, 15) is 9.18 Å². The van der Waals surface area contributed by atoms with E-state index in [1.165, 1.54) is 18.3 Å². The monoisotopic (exact) mass is 314 g/mol. The third-order valence-corrected chi connectivity index (χ3v) is 3.34. The van der Waals surface area contributed by atoms with Crippen molar-refractivity contribution in [1.82, 2.24) is 30.3 Å². The molecule has 2 heterocycles. The summed E-state index contributed by atoms with van der Waals surface area (Å²) in [5, 5.41) is 16.9. The maximum Gasteiger partial charge on any atom is 0.255 e. The summed E-state index contributed by atoms with van der Waals surface area (Å²) in [5.41, 5.74) is 1.47. The van der Waals surface area contributed by atoms with Crippen LogP contribution in [0.5, 0.6) is 0 Å². The third kappa shape index (κ3) is 3.60. The molecule has 1 amide bonds. The Morgan fingerprint density at radius 1 is 1.30 bits per heavy atom. The van der Waals surface area contributed by atoms with Crippen molar-refractivity contribution < 1.29 is 9.18 Å². The predicted octanol–water partition coefficient (Wildman–Crippen LogP) is 1.63. The second kappa shape index (κ2) is 6.82. The van der Waals surface area contributed by atoms with E-state index < -0.39 is 0 Å². The number of H-pyrrole nitrogens is 1. The number of amides is 1. The van der Waals surface area contributed by atoms with E-state index in [-0.39, 0.29) is 11.7 Å². The lowest BCUT2D eigenvalue weighted by Crippen LogP contribution is -2.25. The van der Waals surface area contributed by atoms with Crippen molar-refractivity contribution in [2.75, 3.05) is 6.54 Å². The van der Waals surface area contributed by atoms with E-state index in [1.807, 2.05) is 4.57 Å². The number of carbonyl (C=O) groups is 1. The van der Waals surface area contributed by atoms with Crippen LogP contribution < -0.4 is 5.32 Å². The first kappa shape index (κ1) is 14.9. The second-order valence-electron chi connectivity index (χ2n) is 4.98. The standard InChI is InChI=1S/C15H15FN6O/c16-12-4-1-3-11(7-12)14-13(8-18-21-14)15(23)17-5-2-6-22-9-19-20-10-22/h1,3-4,7-10H,2,5-6H2,(H,17,23)(H,18,21). The highest BCUT2D eigenvalue weighted by molar-refractivity contribution is 5.99. The summed E-state index contributed by atoms with van der Waals surface area (Å²) in [6, 6.07) is 6.02. The van der Waals surface area contributed by atoms with Gasteiger partial charge in [-0.2, -0.15) is 5.10 Å². The van der Waals surface area contributed by atoms with Gasteiger partial charge in [0.15, 0.2) is 0 Å². The van der Waals surface area contributed by atoms with Crippen LogP contribution in [0.3, 0.4) is 0 Å². The molecule has 8 heteroatoms. The molecule has 118 valence electrons. The average molecular weight is 314 g/mol. The normalized spacial score (nSPS) is 10.7. The van der Waals surface area contributed by atoms with Crippen molar-refractivity contribution in [3.8, 4) is 11.3 Å². The van der Waals surface area contributed by atoms with Gasteiger partial charge in [0, 0.05) is 18.7 Å². The van der Waals surface area contributed by atoms with Gasteiger partial charge >= 0.3 is 0 Å². The van der Waals surface area contributed by atoms with Crippen LogP contribution in [0, 0.1) is 5.82 Å². The minimum absolute atomic E-state index is 0.248. The van der Waals surface area contributed by atoms with Crippen LogP contribution in [0.25, 0.3) is 11.3 Å². The molecule has 7 nitrogen and oxygen atoms in total. The molecule has 0 saturated heterocycles. The number of aromatic amines is 1. The number of nitrogens with zero attached hydrogens (tertiary/aromatic N) is 4. The van der Waals surface area contributed by atoms with Gasteiger partial charge in [-0.05, 0) is 18.6 Å². The molecule has 0 fully saturated rings. The van der Waals surface area contributed by atoms with Crippen LogP contribution in [-0.4, -0.2) is 37.4 Å². The van der Waals surface area contributed by atoms with Crippen LogP contribution in [-0.2, 0) is 6.54 Å². The van der Waals surface area contributed by atoms with Gasteiger partial charge in [-0.1, -0.05) is 12.1 Å². The summed E-state index contributed by atoms with van der Waals surface area (Å²) in [5.74, 6) is -0.612. The summed E-state index contributed by atoms with van der Waals surface area (Å²) >= 11 is 0. The summed E-state index contributed by atoms with van der Waals surface area (Å²) < 4.78 is 15.2. The fourth-order valence-corrected chi connectivity index (χ4v) is 2.22. The van der Waals surface area contributed by atoms with Crippen LogP contribution in [0.1, 0.15) is 16.8 Å². The number of nitrogens with one attached hydrogen (secondary N) is 2. The Bertz CT molecular complexity index is 783. The first-order valence-corrected chi connectivity index (χ1v) is 7.14. The van der Waals surface area contributed by atoms with Crippen molar-refractivity contribution in [3.05, 3.63) is 54.5 Å². The van der Waals surface area contributed by atoms with Gasteiger partial charge in [-0.25, -0.2) is 4.39 Å². The fourth-order valence-electron chi connectivity index (χ4n) is 2.22. The van der Waals surface area contributed by atoms with Gasteiger partial charge in [0.1, 0.15) is 18.5 Å². The van der Waals surface area contributed by atoms with Crippen LogP contribution in [0.4, 0.5) is 4.39 Å². The number of carbonyl (C=O) groups excluding carboxylic acids is 1. The van der Waals surface area contributed by atoms with Crippen molar-refractivity contribution in [3.63, 3.8) is 0 Å². The lowest BCUT2D eigenvalue weighted by Gasteiger charge is -2.06. The topological polar surface area (TPSA) is 88.5 Å². The summed E-state index contributed by atoms with van der Waals surface area (Å²) in [6.45, 7) is 1.22. The number of benzene rings is 1. The molecule has 0 aliphatic heterocycles. The van der Waals surface area contributed by atoms with Crippen LogP contribution >= 0.6 is 0 Å². The van der Waals surface area contributed by atoms with Gasteiger partial charge in [0.05, 0.1) is 17.5 Å². The van der Waals surface area contributed by atoms with E-state index in [2.05, 4.69) is 25.7 Å². The van der Waals surface area contributed by atoms with E-state index in [4.69, 9.17) is 0 Å². The largest absolute Gasteiger partial charge is 0.352 e. The molecule has 0 bridgehead atoms. The Hall–Kier alpha value is -3.03. The number of aromatic nitrogens is 5. The highest BCUT2D eigenvalue weighted by Crippen LogP contribution is 2.21. The molecule has 2 N–H and O–H groups in total. The van der Waals surface area contributed by atoms with Gasteiger partial charge in [0.25, 0.3) is 5.91 Å². The quantitative estimate of drug-likeness (QED) is 0.677. The number of halogens is 1. The van der Waals surface area contributed by atoms with Crippen LogP contribution in [0.15, 0.2) is 43.1 Å². The predicted molar refractivity (Wildman–Crippen MR) is 81.0 cm³/mol. The second-order valence-corrected chi connectivity index (χ2v) is 4.98. The molecular formula is C15H15FN6O. The van der Waals surface area contributed by atoms with Crippen molar-refractivity contribution in [2.24, 2.45) is 0 Å². The summed E-state index contributed by atoms with van der Waals surface area (Å²) in [4.78, 5) is 12.2. The molecule has 0 aliphatic carbocycles. The average Bonchev–Trinajstić information content (AvgIpc) is 3.22. The summed E-state index contributed by atoms with van der Waals surface area (Å²) in [7, 11) is 0. The van der Waals surface area contributed by atoms with E-state index in [1.54, 1.807) is 24.8 Å². The maximum atomic E-state index is 13.3. The van der Waals surface area contributed by atoms with Gasteiger partial charge < -0.3 is 9.88 Å². The van der Waals surface area contributed by atoms with Gasteiger partial charge in [-0.3, -0.25) is 9.89 Å². The minimum Gasteiger partial charge on any atom is -0.352 e. The highest BCUT2D eigenvalue weighted by atomic mass is 19.1. The number of aryl methyl sites for hydroxylation is 1. The molecule has 1 aromatic carbocycles. The Kier molecular flexibility index (Phi) is 4.41. The van der Waals surface area contributed by atoms with E-state index in [0.29, 0.717) is 23.4 Å².